The van der Waals surface area contributed by atoms with Crippen LogP contribution in [-0.2, 0) is 0 Å². The second kappa shape index (κ2) is 6.52. The van der Waals surface area contributed by atoms with Crippen LogP contribution in [-0.4, -0.2) is 35.7 Å². The van der Waals surface area contributed by atoms with Crippen molar-refractivity contribution < 1.29 is 4.79 Å². The fraction of sp³-hybridized carbons (Fsp3) is 0.222. The number of rotatable bonds is 5. The molecule has 0 spiro atoms. The molecule has 0 saturated heterocycles. The Morgan fingerprint density at radius 1 is 1.22 bits per heavy atom. The molecule has 0 aliphatic heterocycles. The second-order valence-electron chi connectivity index (χ2n) is 5.65. The molecule has 3 aromatic rings. The maximum atomic E-state index is 12.4. The number of fused-ring (bicyclic) bond motifs is 1. The topological polar surface area (TPSA) is 61.0 Å². The highest BCUT2D eigenvalue weighted by Crippen LogP contribution is 2.16. The third kappa shape index (κ3) is 3.18. The predicted octanol–water partition coefficient (Wildman–Crippen LogP) is 2.82. The standard InChI is InChI=1S/C18H20N4O/c1-13(22(2)15-8-4-3-5-9-15)11-19-18(23)16-10-6-7-14-12-20-21-17(14)16/h3-10,12-13H,11H2,1-2H3,(H,19,23)(H,20,21)/t13-/m0/s1. The van der Waals surface area contributed by atoms with Crippen LogP contribution in [0.3, 0.4) is 0 Å². The van der Waals surface area contributed by atoms with Gasteiger partial charge in [0.1, 0.15) is 0 Å². The summed E-state index contributed by atoms with van der Waals surface area (Å²) < 4.78 is 0. The average molecular weight is 308 g/mol. The quantitative estimate of drug-likeness (QED) is 0.762. The molecule has 2 aromatic carbocycles. The Labute approximate surface area is 135 Å². The number of H-pyrrole nitrogens is 1. The summed E-state index contributed by atoms with van der Waals surface area (Å²) >= 11 is 0. The van der Waals surface area contributed by atoms with Gasteiger partial charge in [-0.2, -0.15) is 5.10 Å². The van der Waals surface area contributed by atoms with Crippen molar-refractivity contribution in [1.29, 1.82) is 0 Å². The van der Waals surface area contributed by atoms with Crippen molar-refractivity contribution in [1.82, 2.24) is 15.5 Å². The molecule has 0 bridgehead atoms. The first-order valence-corrected chi connectivity index (χ1v) is 7.65. The van der Waals surface area contributed by atoms with Gasteiger partial charge in [-0.15, -0.1) is 0 Å². The number of nitrogens with one attached hydrogen (secondary N) is 2. The van der Waals surface area contributed by atoms with Crippen LogP contribution in [0.5, 0.6) is 0 Å². The van der Waals surface area contributed by atoms with E-state index < -0.39 is 0 Å². The van der Waals surface area contributed by atoms with Crippen LogP contribution in [0.2, 0.25) is 0 Å². The van der Waals surface area contributed by atoms with E-state index in [0.29, 0.717) is 12.1 Å². The molecule has 0 unspecified atom stereocenters. The highest BCUT2D eigenvalue weighted by Gasteiger charge is 2.14. The van der Waals surface area contributed by atoms with E-state index in [-0.39, 0.29) is 11.9 Å². The summed E-state index contributed by atoms with van der Waals surface area (Å²) in [6, 6.07) is 15.9. The summed E-state index contributed by atoms with van der Waals surface area (Å²) in [6.07, 6.45) is 1.72. The van der Waals surface area contributed by atoms with Gasteiger partial charge in [-0.3, -0.25) is 9.89 Å². The third-order valence-electron chi connectivity index (χ3n) is 4.10. The summed E-state index contributed by atoms with van der Waals surface area (Å²) in [5.41, 5.74) is 2.52. The molecule has 0 radical (unpaired) electrons. The number of amides is 1. The van der Waals surface area contributed by atoms with Crippen molar-refractivity contribution in [2.24, 2.45) is 0 Å². The number of para-hydroxylation sites is 2. The molecule has 23 heavy (non-hydrogen) atoms. The van der Waals surface area contributed by atoms with E-state index >= 15 is 0 Å². The Balaban J connectivity index is 1.66. The number of aromatic amines is 1. The van der Waals surface area contributed by atoms with Crippen molar-refractivity contribution >= 4 is 22.5 Å². The van der Waals surface area contributed by atoms with Gasteiger partial charge in [0.25, 0.3) is 5.91 Å². The third-order valence-corrected chi connectivity index (χ3v) is 4.10. The molecular weight excluding hydrogens is 288 g/mol. The fourth-order valence-electron chi connectivity index (χ4n) is 2.55. The molecule has 1 amide bonds. The van der Waals surface area contributed by atoms with Crippen molar-refractivity contribution in [3.8, 4) is 0 Å². The van der Waals surface area contributed by atoms with Crippen LogP contribution in [0.15, 0.2) is 54.7 Å². The lowest BCUT2D eigenvalue weighted by molar-refractivity contribution is 0.0953. The molecule has 0 fully saturated rings. The number of nitrogens with zero attached hydrogens (tertiary/aromatic N) is 2. The van der Waals surface area contributed by atoms with Gasteiger partial charge in [0.15, 0.2) is 0 Å². The van der Waals surface area contributed by atoms with Gasteiger partial charge in [0.05, 0.1) is 17.3 Å². The predicted molar refractivity (Wildman–Crippen MR) is 92.7 cm³/mol. The van der Waals surface area contributed by atoms with Crippen LogP contribution < -0.4 is 10.2 Å². The van der Waals surface area contributed by atoms with Crippen LogP contribution in [0.1, 0.15) is 17.3 Å². The van der Waals surface area contributed by atoms with Gasteiger partial charge in [0, 0.05) is 30.7 Å². The molecule has 2 N–H and O–H groups in total. The van der Waals surface area contributed by atoms with Crippen LogP contribution in [0.25, 0.3) is 10.9 Å². The van der Waals surface area contributed by atoms with E-state index in [0.717, 1.165) is 16.6 Å². The van der Waals surface area contributed by atoms with Crippen LogP contribution in [0, 0.1) is 0 Å². The fourth-order valence-corrected chi connectivity index (χ4v) is 2.55. The van der Waals surface area contributed by atoms with Gasteiger partial charge in [-0.05, 0) is 25.1 Å². The molecule has 1 heterocycles. The first kappa shape index (κ1) is 15.1. The SMILES string of the molecule is C[C@@H](CNC(=O)c1cccc2cn[nH]c12)N(C)c1ccccc1. The van der Waals surface area contributed by atoms with Crippen LogP contribution >= 0.6 is 0 Å². The van der Waals surface area contributed by atoms with E-state index in [1.165, 1.54) is 0 Å². The molecule has 0 saturated carbocycles. The molecule has 5 nitrogen and oxygen atoms in total. The Morgan fingerprint density at radius 2 is 2.00 bits per heavy atom. The lowest BCUT2D eigenvalue weighted by Gasteiger charge is -2.27. The number of hydrogen-bond acceptors (Lipinski definition) is 3. The van der Waals surface area contributed by atoms with E-state index in [4.69, 9.17) is 0 Å². The Hall–Kier alpha value is -2.82. The van der Waals surface area contributed by atoms with Gasteiger partial charge in [-0.25, -0.2) is 0 Å². The zero-order valence-electron chi connectivity index (χ0n) is 13.3. The van der Waals surface area contributed by atoms with Gasteiger partial charge in [0.2, 0.25) is 0 Å². The maximum absolute atomic E-state index is 12.4. The van der Waals surface area contributed by atoms with Crippen molar-refractivity contribution in [2.75, 3.05) is 18.5 Å². The minimum absolute atomic E-state index is 0.0897. The molecule has 5 heteroatoms. The minimum atomic E-state index is -0.0897. The zero-order valence-corrected chi connectivity index (χ0v) is 13.3. The van der Waals surface area contributed by atoms with Gasteiger partial charge >= 0.3 is 0 Å². The second-order valence-corrected chi connectivity index (χ2v) is 5.65. The molecular formula is C18H20N4O. The van der Waals surface area contributed by atoms with Gasteiger partial charge in [-0.1, -0.05) is 30.3 Å². The number of anilines is 1. The number of benzene rings is 2. The molecule has 118 valence electrons. The summed E-state index contributed by atoms with van der Waals surface area (Å²) in [4.78, 5) is 14.6. The highest BCUT2D eigenvalue weighted by atomic mass is 16.1. The number of carbonyl (C=O) groups is 1. The number of carbonyl (C=O) groups excluding carboxylic acids is 1. The van der Waals surface area contributed by atoms with Crippen LogP contribution in [0.4, 0.5) is 5.69 Å². The molecule has 3 rings (SSSR count). The normalized spacial score (nSPS) is 12.1. The molecule has 0 aliphatic rings. The Morgan fingerprint density at radius 3 is 2.78 bits per heavy atom. The minimum Gasteiger partial charge on any atom is -0.370 e. The van der Waals surface area contributed by atoms with E-state index in [9.17, 15) is 4.79 Å². The lowest BCUT2D eigenvalue weighted by Crippen LogP contribution is -2.40. The Kier molecular flexibility index (Phi) is 4.28. The van der Waals surface area contributed by atoms with Crippen molar-refractivity contribution in [2.45, 2.75) is 13.0 Å². The highest BCUT2D eigenvalue weighted by molar-refractivity contribution is 6.05. The first-order chi connectivity index (χ1) is 11.2. The van der Waals surface area contributed by atoms with Crippen molar-refractivity contribution in [3.63, 3.8) is 0 Å². The number of hydrogen-bond donors (Lipinski definition) is 2. The van der Waals surface area contributed by atoms with Crippen molar-refractivity contribution in [3.05, 3.63) is 60.3 Å². The van der Waals surface area contributed by atoms with Gasteiger partial charge < -0.3 is 10.2 Å². The summed E-state index contributed by atoms with van der Waals surface area (Å²) in [7, 11) is 2.03. The monoisotopic (exact) mass is 308 g/mol. The largest absolute Gasteiger partial charge is 0.370 e. The molecule has 0 aliphatic carbocycles. The van der Waals surface area contributed by atoms with E-state index in [2.05, 4.69) is 39.5 Å². The smallest absolute Gasteiger partial charge is 0.253 e. The lowest BCUT2D eigenvalue weighted by atomic mass is 10.1. The number of likely N-dealkylation sites (N-methyl/N-ethyl adjacent to an activating group) is 1. The Bertz CT molecular complexity index is 797. The first-order valence-electron chi connectivity index (χ1n) is 7.65. The number of aromatic nitrogens is 2. The molecule has 1 atom stereocenters. The summed E-state index contributed by atoms with van der Waals surface area (Å²) in [5.74, 6) is -0.0897. The summed E-state index contributed by atoms with van der Waals surface area (Å²) in [5, 5.41) is 10.8. The summed E-state index contributed by atoms with van der Waals surface area (Å²) in [6.45, 7) is 2.65. The molecule has 1 aromatic heterocycles. The zero-order chi connectivity index (χ0) is 16.2. The maximum Gasteiger partial charge on any atom is 0.253 e. The van der Waals surface area contributed by atoms with E-state index in [1.807, 2.05) is 37.4 Å². The average Bonchev–Trinajstić information content (AvgIpc) is 3.08. The van der Waals surface area contributed by atoms with E-state index in [1.54, 1.807) is 12.3 Å².